The number of nitrogens with one attached hydrogen (secondary N) is 2. The van der Waals surface area contributed by atoms with E-state index in [1.54, 1.807) is 31.2 Å². The molecule has 130 valence electrons. The molecule has 0 bridgehead atoms. The number of aryl methyl sites for hydroxylation is 1. The van der Waals surface area contributed by atoms with Gasteiger partial charge in [-0.2, -0.15) is 0 Å². The van der Waals surface area contributed by atoms with Gasteiger partial charge in [-0.3, -0.25) is 14.5 Å². The summed E-state index contributed by atoms with van der Waals surface area (Å²) in [6, 6.07) is 8.07. The van der Waals surface area contributed by atoms with E-state index in [1.807, 2.05) is 18.4 Å². The topological polar surface area (TPSA) is 78.5 Å². The Morgan fingerprint density at radius 2 is 2.12 bits per heavy atom. The molecular weight excluding hydrogens is 362 g/mol. The average Bonchev–Trinajstić information content (AvgIpc) is 3.15. The number of urea groups is 1. The molecule has 0 spiro atoms. The van der Waals surface area contributed by atoms with Crippen LogP contribution in [0.25, 0.3) is 0 Å². The molecule has 1 aromatic heterocycles. The van der Waals surface area contributed by atoms with Gasteiger partial charge in [-0.1, -0.05) is 17.7 Å². The van der Waals surface area contributed by atoms with E-state index in [1.165, 1.54) is 11.3 Å². The van der Waals surface area contributed by atoms with Crippen LogP contribution in [-0.2, 0) is 15.1 Å². The van der Waals surface area contributed by atoms with Crippen molar-refractivity contribution in [3.05, 3.63) is 51.2 Å². The maximum absolute atomic E-state index is 12.7. The molecule has 1 unspecified atom stereocenters. The number of nitrogens with zero attached hydrogens (tertiary/aromatic N) is 1. The lowest BCUT2D eigenvalue weighted by molar-refractivity contribution is -0.133. The highest BCUT2D eigenvalue weighted by Crippen LogP contribution is 2.31. The number of hydrogen-bond acceptors (Lipinski definition) is 4. The lowest BCUT2D eigenvalue weighted by atomic mass is 10.0. The normalized spacial score (nSPS) is 19.9. The van der Waals surface area contributed by atoms with Crippen LogP contribution in [0.15, 0.2) is 35.7 Å². The Bertz CT molecular complexity index is 853. The maximum atomic E-state index is 12.7. The number of halogens is 1. The van der Waals surface area contributed by atoms with Crippen LogP contribution in [-0.4, -0.2) is 29.3 Å². The Morgan fingerprint density at radius 3 is 2.76 bits per heavy atom. The molecule has 2 heterocycles. The second kappa shape index (κ2) is 6.50. The Hall–Kier alpha value is -2.38. The molecule has 1 aliphatic heterocycles. The van der Waals surface area contributed by atoms with Gasteiger partial charge in [0.1, 0.15) is 6.54 Å². The summed E-state index contributed by atoms with van der Waals surface area (Å²) in [5.41, 5.74) is 0.241. The Kier molecular flexibility index (Phi) is 4.53. The van der Waals surface area contributed by atoms with Gasteiger partial charge in [-0.15, -0.1) is 11.3 Å². The minimum absolute atomic E-state index is 0.353. The van der Waals surface area contributed by atoms with Crippen molar-refractivity contribution in [3.8, 4) is 0 Å². The summed E-state index contributed by atoms with van der Waals surface area (Å²) in [6.07, 6.45) is 0. The predicted molar refractivity (Wildman–Crippen MR) is 96.7 cm³/mol. The minimum atomic E-state index is -1.14. The predicted octanol–water partition coefficient (Wildman–Crippen LogP) is 3.12. The van der Waals surface area contributed by atoms with E-state index >= 15 is 0 Å². The summed E-state index contributed by atoms with van der Waals surface area (Å²) >= 11 is 7.27. The molecule has 3 rings (SSSR count). The van der Waals surface area contributed by atoms with Crippen LogP contribution in [0, 0.1) is 6.92 Å². The van der Waals surface area contributed by atoms with Crippen molar-refractivity contribution in [3.63, 3.8) is 0 Å². The molecule has 2 N–H and O–H groups in total. The van der Waals surface area contributed by atoms with Crippen molar-refractivity contribution in [2.75, 3.05) is 11.9 Å². The first-order chi connectivity index (χ1) is 11.8. The molecule has 8 heteroatoms. The van der Waals surface area contributed by atoms with E-state index in [-0.39, 0.29) is 6.54 Å². The van der Waals surface area contributed by atoms with Gasteiger partial charge >= 0.3 is 6.03 Å². The van der Waals surface area contributed by atoms with Gasteiger partial charge < -0.3 is 10.6 Å². The molecule has 1 saturated heterocycles. The lowest BCUT2D eigenvalue weighted by Crippen LogP contribution is -2.41. The van der Waals surface area contributed by atoms with Gasteiger partial charge in [0.25, 0.3) is 5.91 Å². The van der Waals surface area contributed by atoms with Gasteiger partial charge in [0.05, 0.1) is 0 Å². The number of imide groups is 1. The second-order valence-corrected chi connectivity index (χ2v) is 7.32. The third kappa shape index (κ3) is 3.25. The molecular formula is C17H16ClN3O3S. The van der Waals surface area contributed by atoms with E-state index < -0.39 is 23.4 Å². The standard InChI is InChI=1S/C17H16ClN3O3S/c1-10-8-11(18)5-6-12(10)19-14(22)9-21-15(23)17(2,20-16(21)24)13-4-3-7-25-13/h3-8H,9H2,1-2H3,(H,19,22)(H,20,24). The molecule has 0 radical (unpaired) electrons. The van der Waals surface area contributed by atoms with E-state index in [0.717, 1.165) is 15.3 Å². The van der Waals surface area contributed by atoms with Crippen LogP contribution in [0.4, 0.5) is 10.5 Å². The van der Waals surface area contributed by atoms with Crippen molar-refractivity contribution in [2.24, 2.45) is 0 Å². The zero-order valence-electron chi connectivity index (χ0n) is 13.6. The van der Waals surface area contributed by atoms with Gasteiger partial charge in [-0.05, 0) is 49.1 Å². The van der Waals surface area contributed by atoms with Crippen molar-refractivity contribution in [1.29, 1.82) is 0 Å². The molecule has 25 heavy (non-hydrogen) atoms. The smallest absolute Gasteiger partial charge is 0.324 e. The van der Waals surface area contributed by atoms with Crippen LogP contribution in [0.5, 0.6) is 0 Å². The Balaban J connectivity index is 1.73. The number of carbonyl (C=O) groups excluding carboxylic acids is 3. The van der Waals surface area contributed by atoms with Crippen LogP contribution in [0.2, 0.25) is 5.02 Å². The third-order valence-electron chi connectivity index (χ3n) is 4.05. The van der Waals surface area contributed by atoms with Crippen LogP contribution in [0.1, 0.15) is 17.4 Å². The van der Waals surface area contributed by atoms with E-state index in [4.69, 9.17) is 11.6 Å². The molecule has 1 atom stereocenters. The summed E-state index contributed by atoms with van der Waals surface area (Å²) in [4.78, 5) is 38.8. The van der Waals surface area contributed by atoms with E-state index in [0.29, 0.717) is 10.7 Å². The molecule has 0 aliphatic carbocycles. The first-order valence-corrected chi connectivity index (χ1v) is 8.81. The quantitative estimate of drug-likeness (QED) is 0.803. The van der Waals surface area contributed by atoms with Gasteiger partial charge in [0.2, 0.25) is 5.91 Å². The first-order valence-electron chi connectivity index (χ1n) is 7.55. The molecule has 0 saturated carbocycles. The van der Waals surface area contributed by atoms with Gasteiger partial charge in [-0.25, -0.2) is 4.79 Å². The number of hydrogen-bond donors (Lipinski definition) is 2. The monoisotopic (exact) mass is 377 g/mol. The number of anilines is 1. The first kappa shape index (κ1) is 17.4. The molecule has 1 fully saturated rings. The minimum Gasteiger partial charge on any atom is -0.324 e. The van der Waals surface area contributed by atoms with Crippen molar-refractivity contribution in [2.45, 2.75) is 19.4 Å². The highest BCUT2D eigenvalue weighted by molar-refractivity contribution is 7.10. The SMILES string of the molecule is Cc1cc(Cl)ccc1NC(=O)CN1C(=O)NC(C)(c2cccs2)C1=O. The largest absolute Gasteiger partial charge is 0.325 e. The fourth-order valence-electron chi connectivity index (χ4n) is 2.67. The van der Waals surface area contributed by atoms with E-state index in [9.17, 15) is 14.4 Å². The number of carbonyl (C=O) groups is 3. The van der Waals surface area contributed by atoms with Crippen molar-refractivity contribution >= 4 is 46.5 Å². The summed E-state index contributed by atoms with van der Waals surface area (Å²) < 4.78 is 0. The van der Waals surface area contributed by atoms with E-state index in [2.05, 4.69) is 10.6 Å². The lowest BCUT2D eigenvalue weighted by Gasteiger charge is -2.20. The summed E-state index contributed by atoms with van der Waals surface area (Å²) in [5.74, 6) is -0.896. The van der Waals surface area contributed by atoms with Crippen LogP contribution >= 0.6 is 22.9 Å². The third-order valence-corrected chi connectivity index (χ3v) is 5.38. The Morgan fingerprint density at radius 1 is 1.36 bits per heavy atom. The van der Waals surface area contributed by atoms with Crippen molar-refractivity contribution < 1.29 is 14.4 Å². The fourth-order valence-corrected chi connectivity index (χ4v) is 3.73. The molecule has 1 aliphatic rings. The number of thiophene rings is 1. The van der Waals surface area contributed by atoms with Gasteiger partial charge in [0.15, 0.2) is 5.54 Å². The highest BCUT2D eigenvalue weighted by atomic mass is 35.5. The van der Waals surface area contributed by atoms with Crippen molar-refractivity contribution in [1.82, 2.24) is 10.2 Å². The Labute approximate surface area is 153 Å². The highest BCUT2D eigenvalue weighted by Gasteiger charge is 2.50. The number of benzene rings is 1. The molecule has 4 amide bonds. The summed E-state index contributed by atoms with van der Waals surface area (Å²) in [7, 11) is 0. The number of amides is 4. The second-order valence-electron chi connectivity index (χ2n) is 5.93. The molecule has 2 aromatic rings. The zero-order chi connectivity index (χ0) is 18.2. The average molecular weight is 378 g/mol. The maximum Gasteiger partial charge on any atom is 0.325 e. The molecule has 1 aromatic carbocycles. The summed E-state index contributed by atoms with van der Waals surface area (Å²) in [6.45, 7) is 3.09. The fraction of sp³-hybridized carbons (Fsp3) is 0.235. The summed E-state index contributed by atoms with van der Waals surface area (Å²) in [5, 5.41) is 7.77. The van der Waals surface area contributed by atoms with Gasteiger partial charge in [0, 0.05) is 15.6 Å². The molecule has 6 nitrogen and oxygen atoms in total. The number of rotatable bonds is 4. The van der Waals surface area contributed by atoms with Crippen LogP contribution in [0.3, 0.4) is 0 Å². The zero-order valence-corrected chi connectivity index (χ0v) is 15.2. The van der Waals surface area contributed by atoms with Crippen LogP contribution < -0.4 is 10.6 Å².